The Morgan fingerprint density at radius 3 is 0.946 bits per heavy atom. The van der Waals surface area contributed by atoms with Crippen molar-refractivity contribution in [3.63, 3.8) is 0 Å². The molecule has 2 nitrogen and oxygen atoms in total. The molecule has 56 heavy (non-hydrogen) atoms. The first-order valence-corrected chi connectivity index (χ1v) is 24.2. The van der Waals surface area contributed by atoms with Crippen LogP contribution in [0.25, 0.3) is 0 Å². The van der Waals surface area contributed by atoms with E-state index in [1.165, 1.54) is 178 Å². The van der Waals surface area contributed by atoms with Crippen molar-refractivity contribution in [2.24, 2.45) is 9.98 Å². The molecule has 0 saturated heterocycles. The van der Waals surface area contributed by atoms with E-state index in [0.29, 0.717) is 0 Å². The SMILES string of the molecule is CCCCCCCCCCCCCCC=CCCCc1ccccc1N=C(C)C(C)=Nc1ccccc1CCCC=CCCCCCCCCCCCCCC. The van der Waals surface area contributed by atoms with Crippen LogP contribution in [-0.4, -0.2) is 11.4 Å². The van der Waals surface area contributed by atoms with Gasteiger partial charge in [-0.05, 0) is 101 Å². The molecule has 0 aliphatic carbocycles. The number of allylic oxidation sites excluding steroid dienone is 4. The minimum absolute atomic E-state index is 0.996. The fraction of sp³-hybridized carbons (Fsp3) is 0.667. The summed E-state index contributed by atoms with van der Waals surface area (Å²) in [5.41, 5.74) is 6.83. The lowest BCUT2D eigenvalue weighted by Gasteiger charge is -2.09. The van der Waals surface area contributed by atoms with E-state index in [4.69, 9.17) is 9.98 Å². The van der Waals surface area contributed by atoms with Crippen LogP contribution in [0.1, 0.15) is 231 Å². The Morgan fingerprint density at radius 2 is 0.625 bits per heavy atom. The fourth-order valence-corrected chi connectivity index (χ4v) is 7.68. The lowest BCUT2D eigenvalue weighted by molar-refractivity contribution is 0.545. The van der Waals surface area contributed by atoms with Crippen LogP contribution in [0, 0.1) is 0 Å². The molecular formula is C54H88N2. The van der Waals surface area contributed by atoms with Gasteiger partial charge in [0, 0.05) is 0 Å². The van der Waals surface area contributed by atoms with Crippen LogP contribution in [0.5, 0.6) is 0 Å². The summed E-state index contributed by atoms with van der Waals surface area (Å²) in [6, 6.07) is 17.3. The molecule has 0 N–H and O–H groups in total. The second-order valence-corrected chi connectivity index (χ2v) is 16.7. The van der Waals surface area contributed by atoms with Crippen LogP contribution in [0.15, 0.2) is 82.8 Å². The number of para-hydroxylation sites is 2. The maximum absolute atomic E-state index is 5.09. The maximum Gasteiger partial charge on any atom is 0.0665 e. The van der Waals surface area contributed by atoms with Crippen LogP contribution < -0.4 is 0 Å². The summed E-state index contributed by atoms with van der Waals surface area (Å²) in [7, 11) is 0. The zero-order valence-electron chi connectivity index (χ0n) is 37.5. The van der Waals surface area contributed by atoms with E-state index in [2.05, 4.69) is 101 Å². The summed E-state index contributed by atoms with van der Waals surface area (Å²) in [5, 5.41) is 0. The number of benzene rings is 2. The molecule has 0 heterocycles. The molecule has 0 saturated carbocycles. The standard InChI is InChI=1S/C54H88N2/c1-5-7-9-11-13-15-17-19-21-23-25-27-29-31-33-35-37-43-51-45-39-41-47-53(51)55-49(3)50(4)56-54-48-42-40-46-52(54)44-38-36-34-32-30-28-26-24-22-20-18-16-14-12-10-8-6-2/h31-34,39-42,45-48H,5-30,35-38,43-44H2,1-4H3. The largest absolute Gasteiger partial charge is 0.252 e. The highest BCUT2D eigenvalue weighted by atomic mass is 14.8. The summed E-state index contributed by atoms with van der Waals surface area (Å²) in [4.78, 5) is 10.2. The topological polar surface area (TPSA) is 24.7 Å². The number of nitrogens with zero attached hydrogens (tertiary/aromatic N) is 2. The van der Waals surface area contributed by atoms with Gasteiger partial charge in [0.1, 0.15) is 0 Å². The Balaban J connectivity index is 1.63. The molecule has 0 bridgehead atoms. The van der Waals surface area contributed by atoms with Crippen molar-refractivity contribution in [2.75, 3.05) is 0 Å². The predicted molar refractivity (Wildman–Crippen MR) is 254 cm³/mol. The van der Waals surface area contributed by atoms with Crippen molar-refractivity contribution in [3.05, 3.63) is 84.0 Å². The molecule has 0 aromatic heterocycles. The van der Waals surface area contributed by atoms with Gasteiger partial charge in [0.25, 0.3) is 0 Å². The van der Waals surface area contributed by atoms with Crippen LogP contribution in [0.4, 0.5) is 11.4 Å². The Hall–Kier alpha value is -2.74. The molecule has 0 amide bonds. The van der Waals surface area contributed by atoms with Gasteiger partial charge in [-0.15, -0.1) is 0 Å². The summed E-state index contributed by atoms with van der Waals surface area (Å²) >= 11 is 0. The molecule has 0 aliphatic heterocycles. The fourth-order valence-electron chi connectivity index (χ4n) is 7.68. The van der Waals surface area contributed by atoms with Gasteiger partial charge in [0.15, 0.2) is 0 Å². The molecule has 0 unspecified atom stereocenters. The minimum atomic E-state index is 0.996. The number of aryl methyl sites for hydroxylation is 2. The van der Waals surface area contributed by atoms with Gasteiger partial charge in [0.05, 0.1) is 22.8 Å². The van der Waals surface area contributed by atoms with Gasteiger partial charge in [-0.2, -0.15) is 0 Å². The smallest absolute Gasteiger partial charge is 0.0665 e. The highest BCUT2D eigenvalue weighted by Gasteiger charge is 2.06. The van der Waals surface area contributed by atoms with Crippen molar-refractivity contribution in [2.45, 2.75) is 233 Å². The predicted octanol–water partition coefficient (Wildman–Crippen LogP) is 18.5. The lowest BCUT2D eigenvalue weighted by atomic mass is 10.0. The molecule has 0 fully saturated rings. The van der Waals surface area contributed by atoms with E-state index in [-0.39, 0.29) is 0 Å². The monoisotopic (exact) mass is 765 g/mol. The van der Waals surface area contributed by atoms with E-state index in [9.17, 15) is 0 Å². The third-order valence-corrected chi connectivity index (χ3v) is 11.5. The second-order valence-electron chi connectivity index (χ2n) is 16.7. The lowest BCUT2D eigenvalue weighted by Crippen LogP contribution is -2.05. The molecule has 2 rings (SSSR count). The zero-order chi connectivity index (χ0) is 40.0. The first kappa shape index (κ1) is 49.4. The van der Waals surface area contributed by atoms with Gasteiger partial charge in [-0.1, -0.05) is 216 Å². The maximum atomic E-state index is 5.09. The van der Waals surface area contributed by atoms with Crippen molar-refractivity contribution in [3.8, 4) is 0 Å². The number of aliphatic imine (C=N–C) groups is 2. The average molecular weight is 765 g/mol. The normalized spacial score (nSPS) is 12.5. The molecule has 0 spiro atoms. The summed E-state index contributed by atoms with van der Waals surface area (Å²) in [6.45, 7) is 8.82. The zero-order valence-corrected chi connectivity index (χ0v) is 37.5. The Kier molecular flexibility index (Phi) is 32.3. The van der Waals surface area contributed by atoms with E-state index in [1.54, 1.807) is 0 Å². The van der Waals surface area contributed by atoms with Gasteiger partial charge in [0.2, 0.25) is 0 Å². The van der Waals surface area contributed by atoms with Crippen molar-refractivity contribution >= 4 is 22.8 Å². The number of rotatable bonds is 37. The molecule has 0 atom stereocenters. The van der Waals surface area contributed by atoms with Gasteiger partial charge in [-0.3, -0.25) is 9.98 Å². The molecular weight excluding hydrogens is 677 g/mol. The molecule has 2 heteroatoms. The van der Waals surface area contributed by atoms with E-state index >= 15 is 0 Å². The average Bonchev–Trinajstić information content (AvgIpc) is 3.21. The third-order valence-electron chi connectivity index (χ3n) is 11.5. The number of hydrogen-bond acceptors (Lipinski definition) is 2. The van der Waals surface area contributed by atoms with Crippen LogP contribution in [-0.2, 0) is 12.8 Å². The summed E-state index contributed by atoms with van der Waals surface area (Å²) < 4.78 is 0. The minimum Gasteiger partial charge on any atom is -0.252 e. The quantitative estimate of drug-likeness (QED) is 0.0372. The first-order chi connectivity index (χ1) is 27.7. The Labute approximate surface area is 348 Å². The first-order valence-electron chi connectivity index (χ1n) is 24.2. The van der Waals surface area contributed by atoms with Crippen LogP contribution >= 0.6 is 0 Å². The van der Waals surface area contributed by atoms with E-state index in [0.717, 1.165) is 61.3 Å². The molecule has 314 valence electrons. The third kappa shape index (κ3) is 27.0. The molecule has 2 aromatic carbocycles. The highest BCUT2D eigenvalue weighted by Crippen LogP contribution is 2.24. The van der Waals surface area contributed by atoms with Gasteiger partial charge >= 0.3 is 0 Å². The highest BCUT2D eigenvalue weighted by molar-refractivity contribution is 6.41. The van der Waals surface area contributed by atoms with E-state index in [1.807, 2.05) is 0 Å². The molecule has 0 aliphatic rings. The molecule has 0 radical (unpaired) electrons. The second kappa shape index (κ2) is 36.6. The van der Waals surface area contributed by atoms with E-state index < -0.39 is 0 Å². The Bertz CT molecular complexity index is 1210. The van der Waals surface area contributed by atoms with Crippen molar-refractivity contribution < 1.29 is 0 Å². The van der Waals surface area contributed by atoms with Crippen LogP contribution in [0.2, 0.25) is 0 Å². The van der Waals surface area contributed by atoms with Gasteiger partial charge in [-0.25, -0.2) is 0 Å². The van der Waals surface area contributed by atoms with Crippen molar-refractivity contribution in [1.29, 1.82) is 0 Å². The summed E-state index contributed by atoms with van der Waals surface area (Å²) in [6.07, 6.45) is 52.8. The summed E-state index contributed by atoms with van der Waals surface area (Å²) in [5.74, 6) is 0. The van der Waals surface area contributed by atoms with Crippen LogP contribution in [0.3, 0.4) is 0 Å². The Morgan fingerprint density at radius 1 is 0.357 bits per heavy atom. The molecule has 2 aromatic rings. The van der Waals surface area contributed by atoms with Gasteiger partial charge < -0.3 is 0 Å². The number of hydrogen-bond donors (Lipinski definition) is 0. The van der Waals surface area contributed by atoms with Crippen molar-refractivity contribution in [1.82, 2.24) is 0 Å². The number of unbranched alkanes of at least 4 members (excludes halogenated alkanes) is 26.